The lowest BCUT2D eigenvalue weighted by molar-refractivity contribution is -0.109. The first-order valence-corrected chi connectivity index (χ1v) is 6.60. The highest BCUT2D eigenvalue weighted by Gasteiger charge is 2.00. The van der Waals surface area contributed by atoms with Gasteiger partial charge in [-0.25, -0.2) is 0 Å². The van der Waals surface area contributed by atoms with Crippen molar-refractivity contribution in [3.05, 3.63) is 41.1 Å². The van der Waals surface area contributed by atoms with Crippen molar-refractivity contribution in [1.29, 1.82) is 0 Å². The number of H-pyrrole nitrogens is 1. The van der Waals surface area contributed by atoms with Crippen LogP contribution in [0.15, 0.2) is 30.5 Å². The summed E-state index contributed by atoms with van der Waals surface area (Å²) in [6.07, 6.45) is 5.95. The molecule has 88 valence electrons. The van der Waals surface area contributed by atoms with Gasteiger partial charge in [0.15, 0.2) is 5.12 Å². The largest absolute Gasteiger partial charge is 0.361 e. The number of fused-ring (bicyclic) bond motifs is 1. The van der Waals surface area contributed by atoms with Crippen LogP contribution in [0.5, 0.6) is 0 Å². The van der Waals surface area contributed by atoms with E-state index in [0.717, 1.165) is 21.5 Å². The molecule has 0 radical (unpaired) electrons. The normalized spacial score (nSPS) is 11.4. The van der Waals surface area contributed by atoms with E-state index in [2.05, 4.69) is 4.98 Å². The van der Waals surface area contributed by atoms with E-state index < -0.39 is 0 Å². The molecule has 1 N–H and O–H groups in total. The molecule has 0 amide bonds. The van der Waals surface area contributed by atoms with Gasteiger partial charge in [0.1, 0.15) is 0 Å². The first kappa shape index (κ1) is 12.3. The molecule has 1 aromatic heterocycles. The van der Waals surface area contributed by atoms with Crippen LogP contribution in [-0.2, 0) is 4.79 Å². The molecule has 0 saturated heterocycles. The van der Waals surface area contributed by atoms with Gasteiger partial charge in [-0.2, -0.15) is 0 Å². The van der Waals surface area contributed by atoms with E-state index in [1.807, 2.05) is 36.5 Å². The third-order valence-electron chi connectivity index (χ3n) is 2.36. The van der Waals surface area contributed by atoms with Crippen molar-refractivity contribution in [3.8, 4) is 0 Å². The van der Waals surface area contributed by atoms with E-state index in [-0.39, 0.29) is 5.12 Å². The van der Waals surface area contributed by atoms with Gasteiger partial charge in [-0.3, -0.25) is 4.79 Å². The molecule has 1 heterocycles. The highest BCUT2D eigenvalue weighted by molar-refractivity contribution is 8.13. The number of aromatic amines is 1. The summed E-state index contributed by atoms with van der Waals surface area (Å²) in [5.74, 6) is 0.704. The maximum Gasteiger partial charge on any atom is 0.186 e. The summed E-state index contributed by atoms with van der Waals surface area (Å²) in [6.45, 7) is 1.58. The van der Waals surface area contributed by atoms with Crippen molar-refractivity contribution in [2.24, 2.45) is 0 Å². The topological polar surface area (TPSA) is 32.9 Å². The van der Waals surface area contributed by atoms with Crippen molar-refractivity contribution >= 4 is 45.5 Å². The van der Waals surface area contributed by atoms with Crippen LogP contribution in [0.1, 0.15) is 12.5 Å². The molecule has 2 aromatic rings. The van der Waals surface area contributed by atoms with Gasteiger partial charge in [0.25, 0.3) is 0 Å². The van der Waals surface area contributed by atoms with E-state index in [1.165, 1.54) is 11.8 Å². The Morgan fingerprint density at radius 1 is 1.53 bits per heavy atom. The number of thioether (sulfide) groups is 1. The van der Waals surface area contributed by atoms with E-state index in [1.54, 1.807) is 6.92 Å². The number of halogens is 1. The van der Waals surface area contributed by atoms with Crippen LogP contribution in [0.4, 0.5) is 0 Å². The Morgan fingerprint density at radius 3 is 3.12 bits per heavy atom. The number of aromatic nitrogens is 1. The zero-order chi connectivity index (χ0) is 12.3. The molecule has 0 spiro atoms. The number of hydrogen-bond donors (Lipinski definition) is 1. The smallest absolute Gasteiger partial charge is 0.186 e. The minimum absolute atomic E-state index is 0.139. The van der Waals surface area contributed by atoms with Crippen LogP contribution in [0, 0.1) is 0 Å². The van der Waals surface area contributed by atoms with Crippen molar-refractivity contribution in [3.63, 3.8) is 0 Å². The van der Waals surface area contributed by atoms with Crippen molar-refractivity contribution in [2.75, 3.05) is 5.75 Å². The second kappa shape index (κ2) is 5.43. The predicted octanol–water partition coefficient (Wildman–Crippen LogP) is 4.11. The lowest BCUT2D eigenvalue weighted by Crippen LogP contribution is -1.81. The number of benzene rings is 1. The van der Waals surface area contributed by atoms with Crippen LogP contribution in [0.3, 0.4) is 0 Å². The Labute approximate surface area is 109 Å². The molecular formula is C13H12ClNOS. The van der Waals surface area contributed by atoms with Gasteiger partial charge < -0.3 is 4.98 Å². The van der Waals surface area contributed by atoms with Gasteiger partial charge in [0.2, 0.25) is 0 Å². The highest BCUT2D eigenvalue weighted by Crippen LogP contribution is 2.23. The van der Waals surface area contributed by atoms with Crippen molar-refractivity contribution in [1.82, 2.24) is 4.98 Å². The maximum absolute atomic E-state index is 10.8. The first-order valence-electron chi connectivity index (χ1n) is 5.23. The molecule has 17 heavy (non-hydrogen) atoms. The van der Waals surface area contributed by atoms with E-state index in [9.17, 15) is 4.79 Å². The van der Waals surface area contributed by atoms with Crippen LogP contribution < -0.4 is 0 Å². The fraction of sp³-hybridized carbons (Fsp3) is 0.154. The molecule has 0 aliphatic rings. The Kier molecular flexibility index (Phi) is 3.92. The van der Waals surface area contributed by atoms with E-state index >= 15 is 0 Å². The van der Waals surface area contributed by atoms with Crippen molar-refractivity contribution in [2.45, 2.75) is 6.92 Å². The third-order valence-corrected chi connectivity index (χ3v) is 3.36. The third kappa shape index (κ3) is 3.14. The van der Waals surface area contributed by atoms with Crippen molar-refractivity contribution < 1.29 is 4.79 Å². The van der Waals surface area contributed by atoms with Gasteiger partial charge in [-0.15, -0.1) is 0 Å². The highest BCUT2D eigenvalue weighted by atomic mass is 35.5. The molecule has 0 fully saturated rings. The molecule has 0 saturated carbocycles. The molecule has 0 aliphatic heterocycles. The van der Waals surface area contributed by atoms with Gasteiger partial charge in [-0.1, -0.05) is 41.6 Å². The molecule has 2 rings (SSSR count). The Balaban J connectivity index is 2.16. The maximum atomic E-state index is 10.8. The van der Waals surface area contributed by atoms with Gasteiger partial charge in [0.05, 0.1) is 0 Å². The van der Waals surface area contributed by atoms with Crippen LogP contribution >= 0.6 is 23.4 Å². The number of rotatable bonds is 3. The fourth-order valence-corrected chi connectivity index (χ4v) is 2.20. The second-order valence-electron chi connectivity index (χ2n) is 3.64. The summed E-state index contributed by atoms with van der Waals surface area (Å²) >= 11 is 7.21. The summed E-state index contributed by atoms with van der Waals surface area (Å²) in [6, 6.07) is 5.77. The average Bonchev–Trinajstić information content (AvgIpc) is 2.66. The molecular weight excluding hydrogens is 254 g/mol. The van der Waals surface area contributed by atoms with Crippen LogP contribution in [0.2, 0.25) is 5.02 Å². The Morgan fingerprint density at radius 2 is 2.35 bits per heavy atom. The quantitative estimate of drug-likeness (QED) is 0.906. The SMILES string of the molecule is CC(=O)SCC=Cc1c[nH]c2cc(Cl)ccc12. The lowest BCUT2D eigenvalue weighted by Gasteiger charge is -1.93. The summed E-state index contributed by atoms with van der Waals surface area (Å²) in [5, 5.41) is 2.00. The molecule has 0 aliphatic carbocycles. The van der Waals surface area contributed by atoms with Crippen LogP contribution in [-0.4, -0.2) is 15.9 Å². The minimum Gasteiger partial charge on any atom is -0.361 e. The lowest BCUT2D eigenvalue weighted by atomic mass is 10.2. The second-order valence-corrected chi connectivity index (χ2v) is 5.27. The fourth-order valence-electron chi connectivity index (χ4n) is 1.60. The number of nitrogens with one attached hydrogen (secondary N) is 1. The first-order chi connectivity index (χ1) is 8.16. The molecule has 4 heteroatoms. The molecule has 0 bridgehead atoms. The van der Waals surface area contributed by atoms with Gasteiger partial charge in [-0.05, 0) is 17.7 Å². The molecule has 0 atom stereocenters. The number of carbonyl (C=O) groups excluding carboxylic acids is 1. The summed E-state index contributed by atoms with van der Waals surface area (Å²) in [4.78, 5) is 13.9. The Hall–Kier alpha value is -1.19. The zero-order valence-corrected chi connectivity index (χ0v) is 10.9. The molecule has 1 aromatic carbocycles. The predicted molar refractivity (Wildman–Crippen MR) is 75.5 cm³/mol. The van der Waals surface area contributed by atoms with E-state index in [4.69, 9.17) is 11.6 Å². The van der Waals surface area contributed by atoms with Crippen LogP contribution in [0.25, 0.3) is 17.0 Å². The molecule has 2 nitrogen and oxygen atoms in total. The van der Waals surface area contributed by atoms with Gasteiger partial charge >= 0.3 is 0 Å². The van der Waals surface area contributed by atoms with E-state index in [0.29, 0.717) is 5.75 Å². The zero-order valence-electron chi connectivity index (χ0n) is 9.37. The Bertz CT molecular complexity index is 574. The van der Waals surface area contributed by atoms with Gasteiger partial charge in [0, 0.05) is 34.8 Å². The number of carbonyl (C=O) groups is 1. The number of hydrogen-bond acceptors (Lipinski definition) is 2. The average molecular weight is 266 g/mol. The monoisotopic (exact) mass is 265 g/mol. The summed E-state index contributed by atoms with van der Waals surface area (Å²) in [7, 11) is 0. The molecule has 0 unspecified atom stereocenters. The summed E-state index contributed by atoms with van der Waals surface area (Å²) < 4.78 is 0. The summed E-state index contributed by atoms with van der Waals surface area (Å²) in [5.41, 5.74) is 2.14. The minimum atomic E-state index is 0.139. The standard InChI is InChI=1S/C13H12ClNOS/c1-9(16)17-6-2-3-10-8-15-13-7-11(14)4-5-12(10)13/h2-5,7-8,15H,6H2,1H3.